The smallest absolute Gasteiger partial charge is 0.152 e. The summed E-state index contributed by atoms with van der Waals surface area (Å²) in [6, 6.07) is 2.34. The van der Waals surface area contributed by atoms with Gasteiger partial charge in [0.1, 0.15) is 5.52 Å². The van der Waals surface area contributed by atoms with Crippen LogP contribution in [0.25, 0.3) is 5.52 Å². The molecule has 0 spiro atoms. The average Bonchev–Trinajstić information content (AvgIpc) is 2.60. The summed E-state index contributed by atoms with van der Waals surface area (Å²) in [6.07, 6.45) is 4.52. The molecule has 0 aliphatic carbocycles. The Morgan fingerprint density at radius 3 is 3.12 bits per heavy atom. The number of fused-ring (bicyclic) bond motifs is 1. The summed E-state index contributed by atoms with van der Waals surface area (Å²) < 4.78 is 1.83. The van der Waals surface area contributed by atoms with Crippen molar-refractivity contribution in [2.24, 2.45) is 5.73 Å². The van der Waals surface area contributed by atoms with Crippen molar-refractivity contribution in [3.8, 4) is 0 Å². The molecule has 0 saturated heterocycles. The first-order valence-electron chi connectivity index (χ1n) is 5.48. The van der Waals surface area contributed by atoms with Gasteiger partial charge in [0, 0.05) is 18.4 Å². The standard InChI is InChI=1S/C11H17N5/c1-8(3-4-12)14-11-10-7-9(2)15-16(10)6-5-13-11/h5-8H,3-4,12H2,1-2H3,(H,13,14). The topological polar surface area (TPSA) is 68.2 Å². The molecule has 0 saturated carbocycles. The number of aryl methyl sites for hydroxylation is 1. The van der Waals surface area contributed by atoms with E-state index in [1.165, 1.54) is 0 Å². The lowest BCUT2D eigenvalue weighted by atomic mass is 10.2. The van der Waals surface area contributed by atoms with Crippen LogP contribution in [0.1, 0.15) is 19.0 Å². The van der Waals surface area contributed by atoms with Crippen LogP contribution in [-0.4, -0.2) is 27.2 Å². The quantitative estimate of drug-likeness (QED) is 0.810. The Kier molecular flexibility index (Phi) is 3.05. The Morgan fingerprint density at radius 2 is 2.38 bits per heavy atom. The van der Waals surface area contributed by atoms with Gasteiger partial charge < -0.3 is 11.1 Å². The summed E-state index contributed by atoms with van der Waals surface area (Å²) in [5, 5.41) is 7.69. The fraction of sp³-hybridized carbons (Fsp3) is 0.455. The van der Waals surface area contributed by atoms with Gasteiger partial charge in [0.2, 0.25) is 0 Å². The lowest BCUT2D eigenvalue weighted by molar-refractivity contribution is 0.713. The van der Waals surface area contributed by atoms with Crippen LogP contribution in [0.15, 0.2) is 18.5 Å². The van der Waals surface area contributed by atoms with Crippen LogP contribution in [0.2, 0.25) is 0 Å². The molecule has 3 N–H and O–H groups in total. The summed E-state index contributed by atoms with van der Waals surface area (Å²) in [5.74, 6) is 0.865. The van der Waals surface area contributed by atoms with Gasteiger partial charge in [-0.3, -0.25) is 0 Å². The highest BCUT2D eigenvalue weighted by Crippen LogP contribution is 2.15. The Hall–Kier alpha value is -1.62. The first-order chi connectivity index (χ1) is 7.70. The highest BCUT2D eigenvalue weighted by atomic mass is 15.2. The van der Waals surface area contributed by atoms with Crippen molar-refractivity contribution in [1.29, 1.82) is 0 Å². The molecule has 16 heavy (non-hydrogen) atoms. The van der Waals surface area contributed by atoms with E-state index >= 15 is 0 Å². The molecule has 2 aromatic heterocycles. The Bertz CT molecular complexity index is 476. The number of nitrogens with zero attached hydrogens (tertiary/aromatic N) is 3. The molecule has 0 bridgehead atoms. The van der Waals surface area contributed by atoms with E-state index in [0.717, 1.165) is 23.4 Å². The maximum absolute atomic E-state index is 5.52. The Balaban J connectivity index is 2.29. The van der Waals surface area contributed by atoms with Gasteiger partial charge in [-0.2, -0.15) is 5.10 Å². The van der Waals surface area contributed by atoms with Crippen LogP contribution < -0.4 is 11.1 Å². The minimum atomic E-state index is 0.318. The predicted octanol–water partition coefficient (Wildman–Crippen LogP) is 1.19. The first-order valence-corrected chi connectivity index (χ1v) is 5.48. The van der Waals surface area contributed by atoms with E-state index in [0.29, 0.717) is 12.6 Å². The second-order valence-corrected chi connectivity index (χ2v) is 4.01. The van der Waals surface area contributed by atoms with E-state index in [-0.39, 0.29) is 0 Å². The molecule has 5 nitrogen and oxygen atoms in total. The fourth-order valence-corrected chi connectivity index (χ4v) is 1.71. The highest BCUT2D eigenvalue weighted by Gasteiger charge is 2.07. The normalized spacial score (nSPS) is 12.9. The number of aromatic nitrogens is 3. The molecule has 0 amide bonds. The minimum Gasteiger partial charge on any atom is -0.366 e. The largest absolute Gasteiger partial charge is 0.366 e. The Labute approximate surface area is 94.7 Å². The molecule has 86 valence electrons. The lowest BCUT2D eigenvalue weighted by Gasteiger charge is -2.13. The second kappa shape index (κ2) is 4.49. The van der Waals surface area contributed by atoms with E-state index in [1.807, 2.05) is 23.7 Å². The van der Waals surface area contributed by atoms with Gasteiger partial charge in [0.15, 0.2) is 5.82 Å². The summed E-state index contributed by atoms with van der Waals surface area (Å²) in [4.78, 5) is 4.33. The Morgan fingerprint density at radius 1 is 1.56 bits per heavy atom. The van der Waals surface area contributed by atoms with Gasteiger partial charge in [-0.1, -0.05) is 0 Å². The predicted molar refractivity (Wildman–Crippen MR) is 64.5 cm³/mol. The number of nitrogens with one attached hydrogen (secondary N) is 1. The first kappa shape index (κ1) is 10.9. The number of anilines is 1. The third-order valence-corrected chi connectivity index (χ3v) is 2.49. The van der Waals surface area contributed by atoms with Crippen LogP contribution in [0.3, 0.4) is 0 Å². The highest BCUT2D eigenvalue weighted by molar-refractivity contribution is 5.67. The monoisotopic (exact) mass is 219 g/mol. The van der Waals surface area contributed by atoms with Gasteiger partial charge in [0.25, 0.3) is 0 Å². The van der Waals surface area contributed by atoms with E-state index < -0.39 is 0 Å². The molecular weight excluding hydrogens is 202 g/mol. The summed E-state index contributed by atoms with van der Waals surface area (Å²) in [5.41, 5.74) is 7.51. The summed E-state index contributed by atoms with van der Waals surface area (Å²) >= 11 is 0. The zero-order valence-electron chi connectivity index (χ0n) is 9.64. The SMILES string of the molecule is Cc1cc2c(NC(C)CCN)nccn2n1. The molecular formula is C11H17N5. The minimum absolute atomic E-state index is 0.318. The summed E-state index contributed by atoms with van der Waals surface area (Å²) in [7, 11) is 0. The van der Waals surface area contributed by atoms with Crippen molar-refractivity contribution in [1.82, 2.24) is 14.6 Å². The third-order valence-electron chi connectivity index (χ3n) is 2.49. The molecule has 1 atom stereocenters. The molecule has 1 unspecified atom stereocenters. The maximum Gasteiger partial charge on any atom is 0.152 e. The van der Waals surface area contributed by atoms with Crippen LogP contribution in [0.4, 0.5) is 5.82 Å². The van der Waals surface area contributed by atoms with E-state index in [9.17, 15) is 0 Å². The molecule has 5 heteroatoms. The van der Waals surface area contributed by atoms with E-state index in [2.05, 4.69) is 22.3 Å². The molecule has 0 radical (unpaired) electrons. The van der Waals surface area contributed by atoms with Crippen molar-refractivity contribution in [3.05, 3.63) is 24.2 Å². The number of hydrogen-bond acceptors (Lipinski definition) is 4. The van der Waals surface area contributed by atoms with Crippen molar-refractivity contribution >= 4 is 11.3 Å². The number of hydrogen-bond donors (Lipinski definition) is 2. The van der Waals surface area contributed by atoms with Crippen molar-refractivity contribution in [3.63, 3.8) is 0 Å². The molecule has 2 rings (SSSR count). The maximum atomic E-state index is 5.52. The van der Waals surface area contributed by atoms with Crippen molar-refractivity contribution < 1.29 is 0 Å². The van der Waals surface area contributed by atoms with Gasteiger partial charge in [-0.25, -0.2) is 9.50 Å². The van der Waals surface area contributed by atoms with E-state index in [4.69, 9.17) is 5.73 Å². The van der Waals surface area contributed by atoms with Gasteiger partial charge >= 0.3 is 0 Å². The lowest BCUT2D eigenvalue weighted by Crippen LogP contribution is -2.20. The van der Waals surface area contributed by atoms with Crippen LogP contribution in [0.5, 0.6) is 0 Å². The van der Waals surface area contributed by atoms with Gasteiger partial charge in [0.05, 0.1) is 5.69 Å². The van der Waals surface area contributed by atoms with Crippen molar-refractivity contribution in [2.45, 2.75) is 26.3 Å². The van der Waals surface area contributed by atoms with Crippen molar-refractivity contribution in [2.75, 3.05) is 11.9 Å². The fourth-order valence-electron chi connectivity index (χ4n) is 1.71. The third kappa shape index (κ3) is 2.14. The van der Waals surface area contributed by atoms with E-state index in [1.54, 1.807) is 6.20 Å². The van der Waals surface area contributed by atoms with Gasteiger partial charge in [-0.05, 0) is 32.9 Å². The van der Waals surface area contributed by atoms with Gasteiger partial charge in [-0.15, -0.1) is 0 Å². The zero-order valence-corrected chi connectivity index (χ0v) is 9.64. The zero-order chi connectivity index (χ0) is 11.5. The molecule has 0 aromatic carbocycles. The molecule has 0 aliphatic heterocycles. The van der Waals surface area contributed by atoms with Crippen LogP contribution >= 0.6 is 0 Å². The average molecular weight is 219 g/mol. The number of rotatable bonds is 4. The van der Waals surface area contributed by atoms with Crippen LogP contribution in [0, 0.1) is 6.92 Å². The summed E-state index contributed by atoms with van der Waals surface area (Å²) in [6.45, 7) is 4.75. The molecule has 2 aromatic rings. The van der Waals surface area contributed by atoms with Crippen LogP contribution in [-0.2, 0) is 0 Å². The molecule has 2 heterocycles. The molecule has 0 aliphatic rings. The molecule has 0 fully saturated rings. The second-order valence-electron chi connectivity index (χ2n) is 4.01. The number of nitrogens with two attached hydrogens (primary N) is 1.